The van der Waals surface area contributed by atoms with Crippen molar-refractivity contribution in [3.05, 3.63) is 0 Å². The minimum absolute atomic E-state index is 0.223. The zero-order valence-corrected chi connectivity index (χ0v) is 8.91. The molecule has 4 heteroatoms. The second kappa shape index (κ2) is 5.32. The van der Waals surface area contributed by atoms with E-state index in [1.807, 2.05) is 0 Å². The maximum atomic E-state index is 10.7. The smallest absolute Gasteiger partial charge is 0.218 e. The number of carbonyl (C=O) groups excluding carboxylic acids is 1. The molecule has 0 spiro atoms. The molecule has 4 nitrogen and oxygen atoms in total. The first-order valence-corrected chi connectivity index (χ1v) is 5.36. The van der Waals surface area contributed by atoms with Gasteiger partial charge in [0.1, 0.15) is 0 Å². The van der Waals surface area contributed by atoms with Gasteiger partial charge in [-0.2, -0.15) is 0 Å². The second-order valence-corrected chi connectivity index (χ2v) is 4.27. The van der Waals surface area contributed by atoms with E-state index in [0.717, 1.165) is 25.4 Å². The Morgan fingerprint density at radius 1 is 1.57 bits per heavy atom. The fourth-order valence-corrected chi connectivity index (χ4v) is 2.09. The van der Waals surface area contributed by atoms with Crippen LogP contribution in [-0.2, 0) is 4.79 Å². The molecule has 1 aliphatic heterocycles. The summed E-state index contributed by atoms with van der Waals surface area (Å²) < 4.78 is 0. The Hall–Kier alpha value is -0.610. The number of nitrogens with two attached hydrogens (primary N) is 2. The largest absolute Gasteiger partial charge is 0.370 e. The zero-order valence-electron chi connectivity index (χ0n) is 8.91. The summed E-state index contributed by atoms with van der Waals surface area (Å²) in [6, 6.07) is 0.443. The molecule has 2 atom stereocenters. The Kier molecular flexibility index (Phi) is 4.35. The minimum atomic E-state index is -0.223. The van der Waals surface area contributed by atoms with E-state index in [9.17, 15) is 4.79 Å². The van der Waals surface area contributed by atoms with Gasteiger partial charge in [0.25, 0.3) is 0 Å². The third kappa shape index (κ3) is 3.27. The van der Waals surface area contributed by atoms with Crippen molar-refractivity contribution >= 4 is 5.91 Å². The fourth-order valence-electron chi connectivity index (χ4n) is 2.09. The molecule has 1 aliphatic rings. The van der Waals surface area contributed by atoms with Crippen LogP contribution in [0.25, 0.3) is 0 Å². The van der Waals surface area contributed by atoms with Gasteiger partial charge in [-0.25, -0.2) is 0 Å². The van der Waals surface area contributed by atoms with Gasteiger partial charge in [-0.15, -0.1) is 0 Å². The minimum Gasteiger partial charge on any atom is -0.370 e. The summed E-state index contributed by atoms with van der Waals surface area (Å²) >= 11 is 0. The van der Waals surface area contributed by atoms with Crippen molar-refractivity contribution in [2.24, 2.45) is 17.4 Å². The Balaban J connectivity index is 2.38. The first kappa shape index (κ1) is 11.5. The van der Waals surface area contributed by atoms with E-state index in [1.54, 1.807) is 0 Å². The summed E-state index contributed by atoms with van der Waals surface area (Å²) in [6.07, 6.45) is 2.80. The van der Waals surface area contributed by atoms with Crippen LogP contribution in [-0.4, -0.2) is 36.5 Å². The molecule has 0 aromatic rings. The number of hydrogen-bond acceptors (Lipinski definition) is 3. The van der Waals surface area contributed by atoms with Crippen LogP contribution in [0.15, 0.2) is 0 Å². The van der Waals surface area contributed by atoms with Crippen molar-refractivity contribution in [1.29, 1.82) is 0 Å². The molecule has 4 N–H and O–H groups in total. The van der Waals surface area contributed by atoms with Gasteiger partial charge in [0.2, 0.25) is 5.91 Å². The standard InChI is InChI=1S/C10H21N3O/c1-8-2-4-13(5-3-10(12)14)9(6-8)7-11/h8-9H,2-7,11H2,1H3,(H2,12,14). The van der Waals surface area contributed by atoms with Crippen molar-refractivity contribution < 1.29 is 4.79 Å². The van der Waals surface area contributed by atoms with Crippen LogP contribution < -0.4 is 11.5 Å². The molecular weight excluding hydrogens is 178 g/mol. The predicted molar refractivity (Wildman–Crippen MR) is 56.6 cm³/mol. The average molecular weight is 199 g/mol. The lowest BCUT2D eigenvalue weighted by Crippen LogP contribution is -2.47. The SMILES string of the molecule is CC1CCN(CCC(N)=O)C(CN)C1. The van der Waals surface area contributed by atoms with Crippen molar-refractivity contribution in [3.63, 3.8) is 0 Å². The van der Waals surface area contributed by atoms with Crippen molar-refractivity contribution in [2.45, 2.75) is 32.2 Å². The van der Waals surface area contributed by atoms with Gasteiger partial charge in [-0.05, 0) is 25.3 Å². The van der Waals surface area contributed by atoms with Crippen molar-refractivity contribution in [2.75, 3.05) is 19.6 Å². The van der Waals surface area contributed by atoms with Crippen molar-refractivity contribution in [1.82, 2.24) is 4.90 Å². The lowest BCUT2D eigenvalue weighted by atomic mass is 9.92. The van der Waals surface area contributed by atoms with Gasteiger partial charge in [-0.3, -0.25) is 9.69 Å². The highest BCUT2D eigenvalue weighted by Crippen LogP contribution is 2.21. The summed E-state index contributed by atoms with van der Waals surface area (Å²) in [5, 5.41) is 0. The highest BCUT2D eigenvalue weighted by molar-refractivity contribution is 5.73. The first-order chi connectivity index (χ1) is 6.63. The van der Waals surface area contributed by atoms with E-state index in [1.165, 1.54) is 6.42 Å². The average Bonchev–Trinajstić information content (AvgIpc) is 2.15. The third-order valence-electron chi connectivity index (χ3n) is 3.02. The second-order valence-electron chi connectivity index (χ2n) is 4.27. The van der Waals surface area contributed by atoms with Crippen molar-refractivity contribution in [3.8, 4) is 0 Å². The Labute approximate surface area is 85.6 Å². The molecule has 0 radical (unpaired) electrons. The van der Waals surface area contributed by atoms with Gasteiger partial charge in [0.05, 0.1) is 0 Å². The highest BCUT2D eigenvalue weighted by atomic mass is 16.1. The molecule has 0 aliphatic carbocycles. The highest BCUT2D eigenvalue weighted by Gasteiger charge is 2.24. The summed E-state index contributed by atoms with van der Waals surface area (Å²) in [5.41, 5.74) is 10.8. The molecule has 0 saturated carbocycles. The number of rotatable bonds is 4. The van der Waals surface area contributed by atoms with Gasteiger partial charge in [0.15, 0.2) is 0 Å². The molecule has 1 rings (SSSR count). The van der Waals surface area contributed by atoms with Crippen LogP contribution in [0.4, 0.5) is 0 Å². The predicted octanol–water partition coefficient (Wildman–Crippen LogP) is -0.0790. The number of carbonyl (C=O) groups is 1. The van der Waals surface area contributed by atoms with E-state index in [2.05, 4.69) is 11.8 Å². The van der Waals surface area contributed by atoms with Crippen LogP contribution in [0.5, 0.6) is 0 Å². The molecular formula is C10H21N3O. The number of hydrogen-bond donors (Lipinski definition) is 2. The van der Waals surface area contributed by atoms with Gasteiger partial charge < -0.3 is 11.5 Å². The number of amides is 1. The summed E-state index contributed by atoms with van der Waals surface area (Å²) in [6.45, 7) is 4.76. The Morgan fingerprint density at radius 3 is 2.86 bits per heavy atom. The molecule has 1 saturated heterocycles. The molecule has 0 aromatic heterocycles. The maximum Gasteiger partial charge on any atom is 0.218 e. The van der Waals surface area contributed by atoms with Gasteiger partial charge in [-0.1, -0.05) is 6.92 Å². The molecule has 2 unspecified atom stereocenters. The molecule has 14 heavy (non-hydrogen) atoms. The van der Waals surface area contributed by atoms with Crippen LogP contribution in [0, 0.1) is 5.92 Å². The summed E-state index contributed by atoms with van der Waals surface area (Å²) in [4.78, 5) is 13.0. The monoisotopic (exact) mass is 199 g/mol. The third-order valence-corrected chi connectivity index (χ3v) is 3.02. The lowest BCUT2D eigenvalue weighted by Gasteiger charge is -2.37. The Morgan fingerprint density at radius 2 is 2.29 bits per heavy atom. The van der Waals surface area contributed by atoms with Crippen LogP contribution in [0.2, 0.25) is 0 Å². The zero-order chi connectivity index (χ0) is 10.6. The van der Waals surface area contributed by atoms with E-state index >= 15 is 0 Å². The number of nitrogens with zero attached hydrogens (tertiary/aromatic N) is 1. The molecule has 0 bridgehead atoms. The number of likely N-dealkylation sites (tertiary alicyclic amines) is 1. The van der Waals surface area contributed by atoms with Crippen LogP contribution in [0.1, 0.15) is 26.2 Å². The number of primary amides is 1. The Bertz CT molecular complexity index is 196. The molecule has 1 fully saturated rings. The van der Waals surface area contributed by atoms with E-state index in [-0.39, 0.29) is 5.91 Å². The molecule has 1 heterocycles. The normalized spacial score (nSPS) is 29.0. The quantitative estimate of drug-likeness (QED) is 0.665. The molecule has 82 valence electrons. The van der Waals surface area contributed by atoms with E-state index in [0.29, 0.717) is 19.0 Å². The summed E-state index contributed by atoms with van der Waals surface area (Å²) in [7, 11) is 0. The lowest BCUT2D eigenvalue weighted by molar-refractivity contribution is -0.118. The maximum absolute atomic E-state index is 10.7. The van der Waals surface area contributed by atoms with Gasteiger partial charge in [0, 0.05) is 25.6 Å². The first-order valence-electron chi connectivity index (χ1n) is 5.36. The summed E-state index contributed by atoms with van der Waals surface area (Å²) in [5.74, 6) is 0.535. The van der Waals surface area contributed by atoms with Crippen LogP contribution >= 0.6 is 0 Å². The molecule has 1 amide bonds. The van der Waals surface area contributed by atoms with E-state index in [4.69, 9.17) is 11.5 Å². The topological polar surface area (TPSA) is 72.3 Å². The fraction of sp³-hybridized carbons (Fsp3) is 0.900. The van der Waals surface area contributed by atoms with Crippen LogP contribution in [0.3, 0.4) is 0 Å². The van der Waals surface area contributed by atoms with Gasteiger partial charge >= 0.3 is 0 Å². The van der Waals surface area contributed by atoms with E-state index < -0.39 is 0 Å². The molecule has 0 aromatic carbocycles. The number of piperidine rings is 1.